The second-order valence-corrected chi connectivity index (χ2v) is 6.51. The summed E-state index contributed by atoms with van der Waals surface area (Å²) in [7, 11) is 0. The van der Waals surface area contributed by atoms with Crippen molar-refractivity contribution in [1.82, 2.24) is 0 Å². The van der Waals surface area contributed by atoms with E-state index < -0.39 is 23.1 Å². The van der Waals surface area contributed by atoms with E-state index in [2.05, 4.69) is 53.1 Å². The predicted molar refractivity (Wildman–Crippen MR) is 83.9 cm³/mol. The lowest BCUT2D eigenvalue weighted by atomic mass is 10.2. The van der Waals surface area contributed by atoms with Gasteiger partial charge in [0, 0.05) is 13.4 Å². The van der Waals surface area contributed by atoms with Crippen LogP contribution in [0.1, 0.15) is 10.4 Å². The molecule has 20 heavy (non-hydrogen) atoms. The van der Waals surface area contributed by atoms with Gasteiger partial charge in [0.2, 0.25) is 0 Å². The summed E-state index contributed by atoms with van der Waals surface area (Å²) >= 11 is 9.49. The minimum absolute atomic E-state index is 0.230. The normalized spacial score (nSPS) is 10.4. The largest absolute Gasteiger partial charge is 0.321 e. The predicted octanol–water partition coefficient (Wildman–Crippen LogP) is 5.50. The zero-order valence-electron chi connectivity index (χ0n) is 9.68. The van der Waals surface area contributed by atoms with Gasteiger partial charge in [-0.3, -0.25) is 4.79 Å². The van der Waals surface area contributed by atoms with Gasteiger partial charge >= 0.3 is 0 Å². The van der Waals surface area contributed by atoms with Crippen LogP contribution < -0.4 is 5.32 Å². The van der Waals surface area contributed by atoms with Gasteiger partial charge in [0.15, 0.2) is 0 Å². The Hall–Kier alpha value is -0.790. The summed E-state index contributed by atoms with van der Waals surface area (Å²) in [5.41, 5.74) is -0.206. The molecule has 0 saturated carbocycles. The van der Waals surface area contributed by atoms with Crippen LogP contribution in [0, 0.1) is 11.6 Å². The first-order chi connectivity index (χ1) is 9.38. The molecule has 0 spiro atoms. The molecule has 1 N–H and O–H groups in total. The highest BCUT2D eigenvalue weighted by Crippen LogP contribution is 2.27. The fourth-order valence-electron chi connectivity index (χ4n) is 1.53. The molecule has 0 aliphatic carbocycles. The van der Waals surface area contributed by atoms with Crippen LogP contribution >= 0.6 is 47.8 Å². The number of rotatable bonds is 2. The van der Waals surface area contributed by atoms with Crippen LogP contribution in [0.5, 0.6) is 0 Å². The van der Waals surface area contributed by atoms with Crippen molar-refractivity contribution in [2.75, 3.05) is 5.32 Å². The molecule has 0 radical (unpaired) electrons. The molecule has 0 atom stereocenters. The lowest BCUT2D eigenvalue weighted by Crippen LogP contribution is -2.16. The third kappa shape index (κ3) is 3.45. The van der Waals surface area contributed by atoms with Crippen LogP contribution in [0.15, 0.2) is 43.7 Å². The molecule has 0 fully saturated rings. The fraction of sp³-hybridized carbons (Fsp3) is 0. The maximum Gasteiger partial charge on any atom is 0.261 e. The number of nitrogens with one attached hydrogen (secondary N) is 1. The SMILES string of the molecule is O=C(Nc1ccc(Br)cc1Br)c1c(F)cc(Br)cc1F. The van der Waals surface area contributed by atoms with E-state index in [0.717, 1.165) is 16.6 Å². The van der Waals surface area contributed by atoms with E-state index in [-0.39, 0.29) is 4.47 Å². The molecule has 2 rings (SSSR count). The van der Waals surface area contributed by atoms with E-state index >= 15 is 0 Å². The number of hydrogen-bond donors (Lipinski definition) is 1. The van der Waals surface area contributed by atoms with Gasteiger partial charge in [0.05, 0.1) is 5.69 Å². The first-order valence-electron chi connectivity index (χ1n) is 5.29. The Morgan fingerprint density at radius 1 is 0.950 bits per heavy atom. The highest BCUT2D eigenvalue weighted by molar-refractivity contribution is 9.11. The second-order valence-electron chi connectivity index (χ2n) is 3.82. The van der Waals surface area contributed by atoms with Gasteiger partial charge in [0.25, 0.3) is 5.91 Å². The van der Waals surface area contributed by atoms with E-state index in [1.807, 2.05) is 0 Å². The third-order valence-corrected chi connectivity index (χ3v) is 4.02. The van der Waals surface area contributed by atoms with E-state index in [9.17, 15) is 13.6 Å². The number of carbonyl (C=O) groups is 1. The van der Waals surface area contributed by atoms with Crippen molar-refractivity contribution < 1.29 is 13.6 Å². The van der Waals surface area contributed by atoms with Crippen LogP contribution in [-0.2, 0) is 0 Å². The topological polar surface area (TPSA) is 29.1 Å². The Morgan fingerprint density at radius 2 is 1.55 bits per heavy atom. The summed E-state index contributed by atoms with van der Waals surface area (Å²) in [6.45, 7) is 0. The van der Waals surface area contributed by atoms with Crippen LogP contribution in [0.2, 0.25) is 0 Å². The zero-order valence-corrected chi connectivity index (χ0v) is 14.4. The lowest BCUT2D eigenvalue weighted by Gasteiger charge is -2.09. The second kappa shape index (κ2) is 6.32. The van der Waals surface area contributed by atoms with Gasteiger partial charge in [-0.2, -0.15) is 0 Å². The third-order valence-electron chi connectivity index (χ3n) is 2.41. The number of carbonyl (C=O) groups excluding carboxylic acids is 1. The molecule has 2 aromatic carbocycles. The quantitative estimate of drug-likeness (QED) is 0.618. The van der Waals surface area contributed by atoms with Crippen molar-refractivity contribution in [3.63, 3.8) is 0 Å². The van der Waals surface area contributed by atoms with Gasteiger partial charge in [-0.25, -0.2) is 8.78 Å². The van der Waals surface area contributed by atoms with Gasteiger partial charge in [-0.1, -0.05) is 31.9 Å². The van der Waals surface area contributed by atoms with Gasteiger partial charge in [-0.15, -0.1) is 0 Å². The van der Waals surface area contributed by atoms with Gasteiger partial charge in [0.1, 0.15) is 17.2 Å². The van der Waals surface area contributed by atoms with Crippen molar-refractivity contribution in [3.05, 3.63) is 60.9 Å². The number of hydrogen-bond acceptors (Lipinski definition) is 1. The van der Waals surface area contributed by atoms with Crippen molar-refractivity contribution in [3.8, 4) is 0 Å². The minimum Gasteiger partial charge on any atom is -0.321 e. The minimum atomic E-state index is -0.928. The summed E-state index contributed by atoms with van der Waals surface area (Å²) in [5.74, 6) is -2.71. The van der Waals surface area contributed by atoms with Gasteiger partial charge < -0.3 is 5.32 Å². The van der Waals surface area contributed by atoms with Crippen LogP contribution in [-0.4, -0.2) is 5.91 Å². The molecule has 0 aliphatic rings. The standard InChI is InChI=1S/C13H6Br3F2NO/c14-6-1-2-11(8(16)3-6)19-13(20)12-9(17)4-7(15)5-10(12)18/h1-5H,(H,19,20). The summed E-state index contributed by atoms with van der Waals surface area (Å²) in [4.78, 5) is 12.0. The average molecular weight is 470 g/mol. The molecular formula is C13H6Br3F2NO. The highest BCUT2D eigenvalue weighted by Gasteiger charge is 2.19. The lowest BCUT2D eigenvalue weighted by molar-refractivity contribution is 0.101. The Kier molecular flexibility index (Phi) is 4.93. The molecule has 7 heteroatoms. The maximum absolute atomic E-state index is 13.7. The van der Waals surface area contributed by atoms with Crippen molar-refractivity contribution >= 4 is 59.4 Å². The Morgan fingerprint density at radius 3 is 2.10 bits per heavy atom. The van der Waals surface area contributed by atoms with Crippen LogP contribution in [0.25, 0.3) is 0 Å². The number of anilines is 1. The monoisotopic (exact) mass is 467 g/mol. The number of amides is 1. The van der Waals surface area contributed by atoms with E-state index in [0.29, 0.717) is 10.2 Å². The van der Waals surface area contributed by atoms with Crippen LogP contribution in [0.4, 0.5) is 14.5 Å². The summed E-state index contributed by atoms with van der Waals surface area (Å²) < 4.78 is 29.0. The molecule has 104 valence electrons. The molecule has 1 amide bonds. The Balaban J connectivity index is 2.33. The Bertz CT molecular complexity index is 668. The van der Waals surface area contributed by atoms with E-state index in [1.54, 1.807) is 18.2 Å². The fourth-order valence-corrected chi connectivity index (χ4v) is 3.08. The number of benzene rings is 2. The van der Waals surface area contributed by atoms with Crippen molar-refractivity contribution in [2.45, 2.75) is 0 Å². The zero-order chi connectivity index (χ0) is 14.9. The Labute approximate surface area is 138 Å². The molecule has 0 bridgehead atoms. The molecule has 0 saturated heterocycles. The summed E-state index contributed by atoms with van der Waals surface area (Å²) in [5, 5.41) is 2.45. The molecular weight excluding hydrogens is 464 g/mol. The van der Waals surface area contributed by atoms with Gasteiger partial charge in [-0.05, 0) is 46.3 Å². The van der Waals surface area contributed by atoms with E-state index in [4.69, 9.17) is 0 Å². The summed E-state index contributed by atoms with van der Waals surface area (Å²) in [6.07, 6.45) is 0. The van der Waals surface area contributed by atoms with E-state index in [1.165, 1.54) is 0 Å². The summed E-state index contributed by atoms with van der Waals surface area (Å²) in [6, 6.07) is 7.10. The maximum atomic E-state index is 13.7. The molecule has 0 unspecified atom stereocenters. The molecule has 0 aromatic heterocycles. The van der Waals surface area contributed by atoms with Crippen LogP contribution in [0.3, 0.4) is 0 Å². The molecule has 0 aliphatic heterocycles. The first kappa shape index (κ1) is 15.6. The molecule has 0 heterocycles. The van der Waals surface area contributed by atoms with Crippen molar-refractivity contribution in [1.29, 1.82) is 0 Å². The smallest absolute Gasteiger partial charge is 0.261 e. The highest BCUT2D eigenvalue weighted by atomic mass is 79.9. The number of halogens is 5. The molecule has 2 nitrogen and oxygen atoms in total. The molecule has 2 aromatic rings. The first-order valence-corrected chi connectivity index (χ1v) is 7.67. The average Bonchev–Trinajstić information content (AvgIpc) is 2.31. The van der Waals surface area contributed by atoms with Crippen molar-refractivity contribution in [2.24, 2.45) is 0 Å².